The zero-order chi connectivity index (χ0) is 17.8. The molecule has 2 aliphatic rings. The monoisotopic (exact) mass is 344 g/mol. The van der Waals surface area contributed by atoms with Gasteiger partial charge in [0.15, 0.2) is 0 Å². The lowest BCUT2D eigenvalue weighted by Gasteiger charge is -2.44. The summed E-state index contributed by atoms with van der Waals surface area (Å²) >= 11 is 0. The Morgan fingerprint density at radius 1 is 1.48 bits per heavy atom. The van der Waals surface area contributed by atoms with Gasteiger partial charge in [-0.1, -0.05) is 0 Å². The molecule has 136 valence electrons. The number of aromatic amines is 1. The molecule has 3 heterocycles. The van der Waals surface area contributed by atoms with Crippen molar-refractivity contribution in [1.82, 2.24) is 15.1 Å². The second-order valence-corrected chi connectivity index (χ2v) is 6.97. The van der Waals surface area contributed by atoms with E-state index in [9.17, 15) is 4.79 Å². The van der Waals surface area contributed by atoms with Crippen LogP contribution < -0.4 is 4.90 Å². The van der Waals surface area contributed by atoms with Gasteiger partial charge in [0, 0.05) is 44.5 Å². The molecule has 1 fully saturated rings. The molecule has 2 unspecified atom stereocenters. The lowest BCUT2D eigenvalue weighted by molar-refractivity contribution is -0.110. The third kappa shape index (κ3) is 3.92. The Bertz CT molecular complexity index is 624. The summed E-state index contributed by atoms with van der Waals surface area (Å²) in [5.74, 6) is 2.02. The van der Waals surface area contributed by atoms with Crippen LogP contribution in [0.2, 0.25) is 0 Å². The number of carbonyl (C=O) groups is 1. The third-order valence-electron chi connectivity index (χ3n) is 4.82. The molecule has 3 rings (SSSR count). The van der Waals surface area contributed by atoms with E-state index in [1.807, 2.05) is 29.7 Å². The number of nitrogens with zero attached hydrogens (tertiary/aromatic N) is 5. The number of hydrazone groups is 1. The van der Waals surface area contributed by atoms with E-state index >= 15 is 0 Å². The van der Waals surface area contributed by atoms with Crippen molar-refractivity contribution in [2.24, 2.45) is 10.1 Å². The predicted octanol–water partition coefficient (Wildman–Crippen LogP) is 2.29. The number of H-pyrrole nitrogens is 1. The Kier molecular flexibility index (Phi) is 5.53. The lowest BCUT2D eigenvalue weighted by atomic mass is 9.97. The lowest BCUT2D eigenvalue weighted by Crippen LogP contribution is -2.55. The van der Waals surface area contributed by atoms with Gasteiger partial charge in [-0.3, -0.25) is 4.99 Å². The summed E-state index contributed by atoms with van der Waals surface area (Å²) in [6, 6.07) is 4.36. The van der Waals surface area contributed by atoms with Crippen molar-refractivity contribution in [3.05, 3.63) is 18.3 Å². The number of carbonyl (C=O) groups excluding carboxylic acids is 1. The second-order valence-electron chi connectivity index (χ2n) is 6.97. The SMILES string of the molecule is CC(C)N=C1CCC=NN1N(C)C1CCN(c2ccc[nH]2)C(C=O)C1. The van der Waals surface area contributed by atoms with Gasteiger partial charge in [-0.2, -0.15) is 15.2 Å². The molecule has 0 aliphatic carbocycles. The number of hydrogen-bond donors (Lipinski definition) is 1. The third-order valence-corrected chi connectivity index (χ3v) is 4.82. The molecule has 2 atom stereocenters. The van der Waals surface area contributed by atoms with Gasteiger partial charge in [-0.05, 0) is 45.2 Å². The Labute approximate surface area is 149 Å². The zero-order valence-electron chi connectivity index (χ0n) is 15.3. The number of aldehydes is 1. The summed E-state index contributed by atoms with van der Waals surface area (Å²) in [6.45, 7) is 5.01. The number of piperidine rings is 1. The quantitative estimate of drug-likeness (QED) is 0.832. The Morgan fingerprint density at radius 3 is 3.00 bits per heavy atom. The highest BCUT2D eigenvalue weighted by Gasteiger charge is 2.34. The van der Waals surface area contributed by atoms with Gasteiger partial charge in [0.1, 0.15) is 17.9 Å². The zero-order valence-corrected chi connectivity index (χ0v) is 15.3. The van der Waals surface area contributed by atoms with Gasteiger partial charge >= 0.3 is 0 Å². The maximum atomic E-state index is 11.7. The van der Waals surface area contributed by atoms with Gasteiger partial charge in [0.05, 0.1) is 6.04 Å². The molecule has 1 aromatic heterocycles. The number of nitrogens with one attached hydrogen (secondary N) is 1. The van der Waals surface area contributed by atoms with Crippen LogP contribution in [0.15, 0.2) is 28.4 Å². The molecule has 0 saturated carbocycles. The van der Waals surface area contributed by atoms with Crippen LogP contribution in [0.1, 0.15) is 39.5 Å². The molecule has 0 amide bonds. The highest BCUT2D eigenvalue weighted by atomic mass is 16.1. The minimum atomic E-state index is -0.126. The second kappa shape index (κ2) is 7.82. The summed E-state index contributed by atoms with van der Waals surface area (Å²) in [7, 11) is 2.05. The molecule has 0 radical (unpaired) electrons. The van der Waals surface area contributed by atoms with Crippen molar-refractivity contribution in [3.63, 3.8) is 0 Å². The summed E-state index contributed by atoms with van der Waals surface area (Å²) in [6.07, 6.45) is 8.49. The van der Waals surface area contributed by atoms with Gasteiger partial charge in [-0.25, -0.2) is 0 Å². The molecule has 2 aliphatic heterocycles. The van der Waals surface area contributed by atoms with Crippen molar-refractivity contribution >= 4 is 24.2 Å². The van der Waals surface area contributed by atoms with Crippen molar-refractivity contribution in [3.8, 4) is 0 Å². The van der Waals surface area contributed by atoms with Crippen LogP contribution in [0.25, 0.3) is 0 Å². The summed E-state index contributed by atoms with van der Waals surface area (Å²) in [5, 5.41) is 8.64. The first-order valence-electron chi connectivity index (χ1n) is 9.07. The molecule has 0 spiro atoms. The molecule has 0 bridgehead atoms. The summed E-state index contributed by atoms with van der Waals surface area (Å²) in [5.41, 5.74) is 0. The first-order valence-corrected chi connectivity index (χ1v) is 9.07. The van der Waals surface area contributed by atoms with Crippen molar-refractivity contribution in [2.75, 3.05) is 18.5 Å². The minimum Gasteiger partial charge on any atom is -0.348 e. The largest absolute Gasteiger partial charge is 0.348 e. The number of rotatable bonds is 5. The van der Waals surface area contributed by atoms with Crippen LogP contribution in [0.5, 0.6) is 0 Å². The summed E-state index contributed by atoms with van der Waals surface area (Å²) < 4.78 is 0. The fourth-order valence-corrected chi connectivity index (χ4v) is 3.57. The first-order chi connectivity index (χ1) is 12.1. The van der Waals surface area contributed by atoms with Crippen molar-refractivity contribution < 1.29 is 4.79 Å². The van der Waals surface area contributed by atoms with Crippen LogP contribution in [0, 0.1) is 0 Å². The predicted molar refractivity (Wildman–Crippen MR) is 101 cm³/mol. The maximum absolute atomic E-state index is 11.7. The summed E-state index contributed by atoms with van der Waals surface area (Å²) in [4.78, 5) is 21.8. The molecule has 0 aromatic carbocycles. The van der Waals surface area contributed by atoms with Crippen LogP contribution in [-0.2, 0) is 4.79 Å². The standard InChI is InChI=1S/C18H28N6O/c1-14(2)21-18-7-5-10-20-24(18)22(3)15-8-11-23(16(12-15)13-25)17-6-4-9-19-17/h4,6,9-10,13-16,19H,5,7-8,11-12H2,1-3H3. The van der Waals surface area contributed by atoms with Crippen LogP contribution in [-0.4, -0.2) is 65.2 Å². The molecule has 1 saturated heterocycles. The number of hydrazine groups is 1. The van der Waals surface area contributed by atoms with E-state index in [4.69, 9.17) is 4.99 Å². The van der Waals surface area contributed by atoms with E-state index in [2.05, 4.69) is 40.9 Å². The number of hydrogen-bond acceptors (Lipinski definition) is 5. The average Bonchev–Trinajstić information content (AvgIpc) is 3.15. The number of aliphatic imine (C=N–C) groups is 1. The van der Waals surface area contributed by atoms with Crippen molar-refractivity contribution in [1.29, 1.82) is 0 Å². The molecule has 25 heavy (non-hydrogen) atoms. The molecular formula is C18H28N6O. The van der Waals surface area contributed by atoms with Crippen molar-refractivity contribution in [2.45, 2.75) is 57.7 Å². The van der Waals surface area contributed by atoms with E-state index in [0.29, 0.717) is 0 Å². The minimum absolute atomic E-state index is 0.126. The van der Waals surface area contributed by atoms with Crippen LogP contribution >= 0.6 is 0 Å². The normalized spacial score (nSPS) is 26.0. The molecule has 7 nitrogen and oxygen atoms in total. The Hall–Kier alpha value is -2.15. The molecular weight excluding hydrogens is 316 g/mol. The van der Waals surface area contributed by atoms with Gasteiger partial charge in [0.25, 0.3) is 0 Å². The van der Waals surface area contributed by atoms with Crippen LogP contribution in [0.4, 0.5) is 5.82 Å². The molecule has 1 N–H and O–H groups in total. The Morgan fingerprint density at radius 2 is 2.32 bits per heavy atom. The fourth-order valence-electron chi connectivity index (χ4n) is 3.57. The van der Waals surface area contributed by atoms with Gasteiger partial charge < -0.3 is 14.7 Å². The van der Waals surface area contributed by atoms with E-state index in [-0.39, 0.29) is 18.1 Å². The fraction of sp³-hybridized carbons (Fsp3) is 0.611. The topological polar surface area (TPSA) is 67.3 Å². The van der Waals surface area contributed by atoms with E-state index in [0.717, 1.165) is 50.2 Å². The highest BCUT2D eigenvalue weighted by Crippen LogP contribution is 2.26. The van der Waals surface area contributed by atoms with Gasteiger partial charge in [0.2, 0.25) is 0 Å². The highest BCUT2D eigenvalue weighted by molar-refractivity contribution is 5.86. The maximum Gasteiger partial charge on any atom is 0.142 e. The average molecular weight is 344 g/mol. The van der Waals surface area contributed by atoms with Gasteiger partial charge in [-0.15, -0.1) is 0 Å². The number of anilines is 1. The van der Waals surface area contributed by atoms with E-state index < -0.39 is 0 Å². The first kappa shape index (κ1) is 17.7. The number of amidine groups is 1. The molecule has 7 heteroatoms. The smallest absolute Gasteiger partial charge is 0.142 e. The number of aromatic nitrogens is 1. The molecule has 1 aromatic rings. The van der Waals surface area contributed by atoms with E-state index in [1.165, 1.54) is 0 Å². The van der Waals surface area contributed by atoms with Crippen LogP contribution in [0.3, 0.4) is 0 Å². The Balaban J connectivity index is 1.72. The van der Waals surface area contributed by atoms with E-state index in [1.54, 1.807) is 0 Å².